The molecule has 1 atom stereocenters. The Hall–Kier alpha value is -2.32. The number of ether oxygens (including phenoxy) is 1. The molecule has 122 valence electrons. The lowest BCUT2D eigenvalue weighted by Crippen LogP contribution is -2.33. The van der Waals surface area contributed by atoms with E-state index in [1.165, 1.54) is 24.5 Å². The summed E-state index contributed by atoms with van der Waals surface area (Å²) in [6.45, 7) is 1.62. The zero-order valence-electron chi connectivity index (χ0n) is 12.5. The minimum atomic E-state index is -0.434. The van der Waals surface area contributed by atoms with Crippen LogP contribution in [0.2, 0.25) is 0 Å². The second-order valence-corrected chi connectivity index (χ2v) is 5.34. The molecule has 0 saturated carbocycles. The second kappa shape index (κ2) is 7.30. The Labute approximate surface area is 132 Å². The van der Waals surface area contributed by atoms with Gasteiger partial charge in [-0.3, -0.25) is 9.89 Å². The van der Waals surface area contributed by atoms with Gasteiger partial charge in [0, 0.05) is 18.8 Å². The quantitative estimate of drug-likeness (QED) is 0.747. The first kappa shape index (κ1) is 15.6. The smallest absolute Gasteiger partial charge is 0.238 e. The number of aromatic amines is 1. The molecule has 1 amide bonds. The van der Waals surface area contributed by atoms with E-state index in [9.17, 15) is 9.18 Å². The molecule has 0 radical (unpaired) electrons. The molecule has 0 spiro atoms. The number of hydrogen-bond donors (Lipinski definition) is 3. The van der Waals surface area contributed by atoms with Crippen LogP contribution >= 0.6 is 0 Å². The molecule has 1 fully saturated rings. The summed E-state index contributed by atoms with van der Waals surface area (Å²) in [4.78, 5) is 15.8. The standard InChI is InChI=1S/C15H18FN5O2/c16-13-4-3-10(6-12(13)15-18-9-19-21-15)20-14(22)8-17-7-11-2-1-5-23-11/h3-4,6,9,11,17H,1-2,5,7-8H2,(H,20,22)(H,18,19,21). The number of nitrogens with zero attached hydrogens (tertiary/aromatic N) is 2. The van der Waals surface area contributed by atoms with E-state index in [0.717, 1.165) is 19.4 Å². The summed E-state index contributed by atoms with van der Waals surface area (Å²) in [6.07, 6.45) is 3.58. The summed E-state index contributed by atoms with van der Waals surface area (Å²) in [5, 5.41) is 12.1. The average molecular weight is 319 g/mol. The lowest BCUT2D eigenvalue weighted by Gasteiger charge is -2.11. The first-order valence-electron chi connectivity index (χ1n) is 7.50. The minimum Gasteiger partial charge on any atom is -0.377 e. The van der Waals surface area contributed by atoms with Crippen LogP contribution in [0.4, 0.5) is 10.1 Å². The van der Waals surface area contributed by atoms with Gasteiger partial charge in [-0.25, -0.2) is 9.37 Å². The van der Waals surface area contributed by atoms with Crippen LogP contribution in [-0.2, 0) is 9.53 Å². The van der Waals surface area contributed by atoms with Crippen molar-refractivity contribution in [3.05, 3.63) is 30.3 Å². The van der Waals surface area contributed by atoms with E-state index < -0.39 is 5.82 Å². The topological polar surface area (TPSA) is 91.9 Å². The number of rotatable bonds is 6. The van der Waals surface area contributed by atoms with Gasteiger partial charge >= 0.3 is 0 Å². The van der Waals surface area contributed by atoms with Gasteiger partial charge in [-0.2, -0.15) is 5.10 Å². The van der Waals surface area contributed by atoms with Crippen molar-refractivity contribution in [3.8, 4) is 11.4 Å². The molecule has 3 N–H and O–H groups in total. The highest BCUT2D eigenvalue weighted by atomic mass is 19.1. The Bertz CT molecular complexity index is 656. The van der Waals surface area contributed by atoms with Gasteiger partial charge in [-0.15, -0.1) is 0 Å². The Morgan fingerprint density at radius 2 is 2.39 bits per heavy atom. The first-order chi connectivity index (χ1) is 11.2. The number of H-pyrrole nitrogens is 1. The van der Waals surface area contributed by atoms with E-state index in [0.29, 0.717) is 18.1 Å². The van der Waals surface area contributed by atoms with E-state index in [1.54, 1.807) is 0 Å². The van der Waals surface area contributed by atoms with Crippen molar-refractivity contribution < 1.29 is 13.9 Å². The lowest BCUT2D eigenvalue weighted by atomic mass is 10.1. The van der Waals surface area contributed by atoms with Gasteiger partial charge in [-0.1, -0.05) is 0 Å². The number of hydrogen-bond acceptors (Lipinski definition) is 5. The Kier molecular flexibility index (Phi) is 4.94. The molecule has 2 aromatic rings. The van der Waals surface area contributed by atoms with Crippen molar-refractivity contribution in [3.63, 3.8) is 0 Å². The van der Waals surface area contributed by atoms with Gasteiger partial charge in [0.15, 0.2) is 5.82 Å². The fraction of sp³-hybridized carbons (Fsp3) is 0.400. The molecule has 8 heteroatoms. The molecule has 1 aromatic carbocycles. The summed E-state index contributed by atoms with van der Waals surface area (Å²) in [5.74, 6) is -0.315. The van der Waals surface area contributed by atoms with E-state index >= 15 is 0 Å². The number of amides is 1. The summed E-state index contributed by atoms with van der Waals surface area (Å²) in [6, 6.07) is 4.31. The molecule has 1 aliphatic rings. The highest BCUT2D eigenvalue weighted by Gasteiger charge is 2.15. The van der Waals surface area contributed by atoms with Gasteiger partial charge < -0.3 is 15.4 Å². The van der Waals surface area contributed by atoms with Crippen LogP contribution < -0.4 is 10.6 Å². The highest BCUT2D eigenvalue weighted by molar-refractivity contribution is 5.92. The van der Waals surface area contributed by atoms with Gasteiger partial charge in [0.25, 0.3) is 0 Å². The molecule has 0 aliphatic carbocycles. The maximum absolute atomic E-state index is 13.8. The number of benzene rings is 1. The molecule has 3 rings (SSSR count). The third kappa shape index (κ3) is 4.11. The monoisotopic (exact) mass is 319 g/mol. The van der Waals surface area contributed by atoms with E-state index in [-0.39, 0.29) is 24.1 Å². The third-order valence-electron chi connectivity index (χ3n) is 3.60. The van der Waals surface area contributed by atoms with Crippen molar-refractivity contribution in [1.82, 2.24) is 20.5 Å². The lowest BCUT2D eigenvalue weighted by molar-refractivity contribution is -0.115. The molecule has 7 nitrogen and oxygen atoms in total. The zero-order valence-corrected chi connectivity index (χ0v) is 12.5. The number of aromatic nitrogens is 3. The minimum absolute atomic E-state index is 0.175. The van der Waals surface area contributed by atoms with Crippen LogP contribution in [-0.4, -0.2) is 46.9 Å². The average Bonchev–Trinajstić information content (AvgIpc) is 3.22. The normalized spacial score (nSPS) is 17.3. The summed E-state index contributed by atoms with van der Waals surface area (Å²) < 4.78 is 19.3. The number of halogens is 1. The highest BCUT2D eigenvalue weighted by Crippen LogP contribution is 2.22. The SMILES string of the molecule is O=C(CNCC1CCCO1)Nc1ccc(F)c(-c2ncn[nH]2)c1. The summed E-state index contributed by atoms with van der Waals surface area (Å²) >= 11 is 0. The Morgan fingerprint density at radius 1 is 1.48 bits per heavy atom. The molecule has 23 heavy (non-hydrogen) atoms. The largest absolute Gasteiger partial charge is 0.377 e. The molecule has 1 aliphatic heterocycles. The fourth-order valence-corrected chi connectivity index (χ4v) is 2.48. The number of nitrogens with one attached hydrogen (secondary N) is 3. The van der Waals surface area contributed by atoms with Crippen molar-refractivity contribution in [1.29, 1.82) is 0 Å². The van der Waals surface area contributed by atoms with Gasteiger partial charge in [-0.05, 0) is 31.0 Å². The molecule has 1 saturated heterocycles. The van der Waals surface area contributed by atoms with Gasteiger partial charge in [0.2, 0.25) is 5.91 Å². The van der Waals surface area contributed by atoms with Crippen LogP contribution in [0.25, 0.3) is 11.4 Å². The number of carbonyl (C=O) groups excluding carboxylic acids is 1. The number of anilines is 1. The van der Waals surface area contributed by atoms with Crippen LogP contribution in [0.1, 0.15) is 12.8 Å². The van der Waals surface area contributed by atoms with Crippen molar-refractivity contribution in [2.75, 3.05) is 25.0 Å². The van der Waals surface area contributed by atoms with Crippen molar-refractivity contribution in [2.24, 2.45) is 0 Å². The Morgan fingerprint density at radius 3 is 3.13 bits per heavy atom. The summed E-state index contributed by atoms with van der Waals surface area (Å²) in [5.41, 5.74) is 0.759. The molecule has 2 heterocycles. The predicted molar refractivity (Wildman–Crippen MR) is 82.3 cm³/mol. The second-order valence-electron chi connectivity index (χ2n) is 5.34. The van der Waals surface area contributed by atoms with Crippen LogP contribution in [0.5, 0.6) is 0 Å². The molecular formula is C15H18FN5O2. The Balaban J connectivity index is 1.55. The molecule has 1 aromatic heterocycles. The molecule has 1 unspecified atom stereocenters. The van der Waals surface area contributed by atoms with Crippen LogP contribution in [0, 0.1) is 5.82 Å². The fourth-order valence-electron chi connectivity index (χ4n) is 2.48. The zero-order chi connectivity index (χ0) is 16.1. The maximum atomic E-state index is 13.8. The predicted octanol–water partition coefficient (Wildman–Crippen LogP) is 1.32. The van der Waals surface area contributed by atoms with E-state index in [2.05, 4.69) is 25.8 Å². The molecule has 0 bridgehead atoms. The number of carbonyl (C=O) groups is 1. The van der Waals surface area contributed by atoms with Crippen LogP contribution in [0.3, 0.4) is 0 Å². The van der Waals surface area contributed by atoms with E-state index in [4.69, 9.17) is 4.74 Å². The van der Waals surface area contributed by atoms with Crippen molar-refractivity contribution in [2.45, 2.75) is 18.9 Å². The first-order valence-corrected chi connectivity index (χ1v) is 7.50. The third-order valence-corrected chi connectivity index (χ3v) is 3.60. The van der Waals surface area contributed by atoms with E-state index in [1.807, 2.05) is 0 Å². The molecular weight excluding hydrogens is 301 g/mol. The van der Waals surface area contributed by atoms with Gasteiger partial charge in [0.05, 0.1) is 18.2 Å². The summed E-state index contributed by atoms with van der Waals surface area (Å²) in [7, 11) is 0. The van der Waals surface area contributed by atoms with Gasteiger partial charge in [0.1, 0.15) is 12.1 Å². The van der Waals surface area contributed by atoms with Crippen molar-refractivity contribution >= 4 is 11.6 Å². The maximum Gasteiger partial charge on any atom is 0.238 e. The van der Waals surface area contributed by atoms with Crippen LogP contribution in [0.15, 0.2) is 24.5 Å².